The third-order valence-electron chi connectivity index (χ3n) is 7.64. The van der Waals surface area contributed by atoms with E-state index in [1.807, 2.05) is 0 Å². The minimum absolute atomic E-state index is 0.411. The Morgan fingerprint density at radius 2 is 1.46 bits per heavy atom. The monoisotopic (exact) mass is 335 g/mol. The van der Waals surface area contributed by atoms with E-state index >= 15 is 0 Å². The summed E-state index contributed by atoms with van der Waals surface area (Å²) in [4.78, 5) is 5.20. The van der Waals surface area contributed by atoms with E-state index in [1.165, 1.54) is 77.5 Å². The van der Waals surface area contributed by atoms with Crippen molar-refractivity contribution in [3.8, 4) is 0 Å². The van der Waals surface area contributed by atoms with Gasteiger partial charge in [-0.2, -0.15) is 0 Å². The van der Waals surface area contributed by atoms with Crippen LogP contribution in [0, 0.1) is 5.41 Å². The second-order valence-electron chi connectivity index (χ2n) is 9.22. The fraction of sp³-hybridized carbons (Fsp3) is 1.00. The summed E-state index contributed by atoms with van der Waals surface area (Å²) in [5.41, 5.74) is 0.264. The van der Waals surface area contributed by atoms with Crippen molar-refractivity contribution in [2.75, 3.05) is 45.8 Å². The first-order chi connectivity index (χ1) is 11.7. The van der Waals surface area contributed by atoms with Crippen LogP contribution in [-0.2, 0) is 0 Å². The van der Waals surface area contributed by atoms with Gasteiger partial charge in [0.15, 0.2) is 0 Å². The Labute approximate surface area is 148 Å². The molecule has 0 aromatic rings. The third-order valence-corrected chi connectivity index (χ3v) is 7.64. The number of rotatable bonds is 3. The fourth-order valence-electron chi connectivity index (χ4n) is 5.86. The Bertz CT molecular complexity index is 397. The van der Waals surface area contributed by atoms with Gasteiger partial charge in [0.2, 0.25) is 0 Å². The Morgan fingerprint density at radius 3 is 2.08 bits per heavy atom. The van der Waals surface area contributed by atoms with E-state index in [9.17, 15) is 5.11 Å². The van der Waals surface area contributed by atoms with Crippen LogP contribution in [0.3, 0.4) is 0 Å². The normalized spacial score (nSPS) is 32.4. The highest BCUT2D eigenvalue weighted by Crippen LogP contribution is 2.44. The van der Waals surface area contributed by atoms with Crippen LogP contribution in [-0.4, -0.2) is 72.4 Å². The number of β-amino-alcohol motifs (C(OH)–C–C–N with tert-alkyl or cyclic N) is 1. The molecule has 24 heavy (non-hydrogen) atoms. The van der Waals surface area contributed by atoms with Crippen LogP contribution in [0.25, 0.3) is 0 Å². The molecule has 4 heteroatoms. The second kappa shape index (κ2) is 7.22. The molecular weight excluding hydrogens is 298 g/mol. The van der Waals surface area contributed by atoms with Gasteiger partial charge in [-0.3, -0.25) is 0 Å². The summed E-state index contributed by atoms with van der Waals surface area (Å²) in [6.45, 7) is 8.02. The highest BCUT2D eigenvalue weighted by Gasteiger charge is 2.40. The van der Waals surface area contributed by atoms with Crippen LogP contribution in [0.5, 0.6) is 0 Å². The molecule has 2 N–H and O–H groups in total. The van der Waals surface area contributed by atoms with Gasteiger partial charge in [-0.25, -0.2) is 0 Å². The van der Waals surface area contributed by atoms with Gasteiger partial charge in [-0.05, 0) is 95.8 Å². The van der Waals surface area contributed by atoms with Gasteiger partial charge < -0.3 is 20.2 Å². The Morgan fingerprint density at radius 1 is 0.833 bits per heavy atom. The molecule has 1 saturated carbocycles. The third kappa shape index (κ3) is 3.82. The molecule has 0 radical (unpaired) electrons. The van der Waals surface area contributed by atoms with Crippen molar-refractivity contribution in [3.63, 3.8) is 0 Å². The molecule has 4 nitrogen and oxygen atoms in total. The predicted octanol–water partition coefficient (Wildman–Crippen LogP) is 2.22. The topological polar surface area (TPSA) is 38.7 Å². The highest BCUT2D eigenvalue weighted by atomic mass is 16.3. The molecule has 1 aliphatic carbocycles. The Balaban J connectivity index is 1.24. The first-order valence-electron chi connectivity index (χ1n) is 10.6. The average molecular weight is 336 g/mol. The van der Waals surface area contributed by atoms with Gasteiger partial charge in [0.25, 0.3) is 0 Å². The maximum absolute atomic E-state index is 11.0. The summed E-state index contributed by atoms with van der Waals surface area (Å²) in [7, 11) is 0. The molecule has 3 aliphatic heterocycles. The lowest BCUT2D eigenvalue weighted by Gasteiger charge is -2.48. The van der Waals surface area contributed by atoms with E-state index < -0.39 is 5.60 Å². The van der Waals surface area contributed by atoms with Crippen molar-refractivity contribution in [1.82, 2.24) is 15.1 Å². The lowest BCUT2D eigenvalue weighted by Crippen LogP contribution is -2.53. The van der Waals surface area contributed by atoms with Gasteiger partial charge >= 0.3 is 0 Å². The number of aliphatic hydroxyl groups is 1. The summed E-state index contributed by atoms with van der Waals surface area (Å²) in [6.07, 6.45) is 13.1. The standard InChI is InChI=1S/C20H37N3O/c24-20(17-22-13-1-2-14-22)9-15-23(16-10-20)18-3-5-19(6-4-18)7-11-21-12-8-19/h18,21,24H,1-17H2. The molecular formula is C20H37N3O. The van der Waals surface area contributed by atoms with Crippen LogP contribution in [0.1, 0.15) is 64.2 Å². The van der Waals surface area contributed by atoms with Crippen molar-refractivity contribution in [2.45, 2.75) is 75.9 Å². The smallest absolute Gasteiger partial charge is 0.0798 e. The Hall–Kier alpha value is -0.160. The SMILES string of the molecule is OC1(CN2CCCC2)CCN(C2CCC3(CCNCC3)CC2)CC1. The van der Waals surface area contributed by atoms with Crippen LogP contribution < -0.4 is 5.32 Å². The molecule has 4 fully saturated rings. The van der Waals surface area contributed by atoms with Crippen molar-refractivity contribution in [2.24, 2.45) is 5.41 Å². The zero-order chi connectivity index (χ0) is 16.5. The minimum atomic E-state index is -0.411. The van der Waals surface area contributed by atoms with Crippen molar-refractivity contribution < 1.29 is 5.11 Å². The molecule has 3 heterocycles. The van der Waals surface area contributed by atoms with E-state index in [-0.39, 0.29) is 0 Å². The van der Waals surface area contributed by atoms with Crippen LogP contribution >= 0.6 is 0 Å². The minimum Gasteiger partial charge on any atom is -0.388 e. The summed E-state index contributed by atoms with van der Waals surface area (Å²) in [6, 6.07) is 0.793. The molecule has 4 aliphatic rings. The summed E-state index contributed by atoms with van der Waals surface area (Å²) >= 11 is 0. The number of likely N-dealkylation sites (tertiary alicyclic amines) is 2. The lowest BCUT2D eigenvalue weighted by molar-refractivity contribution is -0.0568. The van der Waals surface area contributed by atoms with Gasteiger partial charge in [0.1, 0.15) is 0 Å². The maximum Gasteiger partial charge on any atom is 0.0798 e. The number of nitrogens with one attached hydrogen (secondary N) is 1. The molecule has 1 spiro atoms. The first kappa shape index (κ1) is 17.3. The number of nitrogens with zero attached hydrogens (tertiary/aromatic N) is 2. The molecule has 0 amide bonds. The number of hydrogen-bond donors (Lipinski definition) is 2. The first-order valence-corrected chi connectivity index (χ1v) is 10.6. The van der Waals surface area contributed by atoms with E-state index in [0.29, 0.717) is 5.41 Å². The second-order valence-corrected chi connectivity index (χ2v) is 9.22. The molecule has 0 aromatic heterocycles. The molecule has 0 unspecified atom stereocenters. The molecule has 3 saturated heterocycles. The molecule has 138 valence electrons. The molecule has 0 bridgehead atoms. The van der Waals surface area contributed by atoms with Crippen molar-refractivity contribution in [1.29, 1.82) is 0 Å². The lowest BCUT2D eigenvalue weighted by atomic mass is 9.67. The fourth-order valence-corrected chi connectivity index (χ4v) is 5.86. The Kier molecular flexibility index (Phi) is 5.19. The zero-order valence-electron chi connectivity index (χ0n) is 15.4. The molecule has 4 rings (SSSR count). The van der Waals surface area contributed by atoms with E-state index in [1.54, 1.807) is 0 Å². The number of hydrogen-bond acceptors (Lipinski definition) is 4. The largest absolute Gasteiger partial charge is 0.388 e. The number of piperidine rings is 2. The van der Waals surface area contributed by atoms with Gasteiger partial charge in [-0.1, -0.05) is 0 Å². The van der Waals surface area contributed by atoms with E-state index in [0.717, 1.165) is 38.5 Å². The average Bonchev–Trinajstić information content (AvgIpc) is 3.10. The zero-order valence-corrected chi connectivity index (χ0v) is 15.4. The maximum atomic E-state index is 11.0. The molecule has 0 atom stereocenters. The van der Waals surface area contributed by atoms with Gasteiger partial charge in [-0.15, -0.1) is 0 Å². The summed E-state index contributed by atoms with van der Waals surface area (Å²) in [5, 5.41) is 14.5. The highest BCUT2D eigenvalue weighted by molar-refractivity contribution is 4.95. The van der Waals surface area contributed by atoms with Crippen molar-refractivity contribution in [3.05, 3.63) is 0 Å². The van der Waals surface area contributed by atoms with Crippen LogP contribution in [0.15, 0.2) is 0 Å². The quantitative estimate of drug-likeness (QED) is 0.829. The van der Waals surface area contributed by atoms with Crippen LogP contribution in [0.2, 0.25) is 0 Å². The summed E-state index contributed by atoms with van der Waals surface area (Å²) < 4.78 is 0. The molecule has 0 aromatic carbocycles. The van der Waals surface area contributed by atoms with E-state index in [2.05, 4.69) is 15.1 Å². The summed E-state index contributed by atoms with van der Waals surface area (Å²) in [5.74, 6) is 0. The van der Waals surface area contributed by atoms with Crippen molar-refractivity contribution >= 4 is 0 Å². The van der Waals surface area contributed by atoms with E-state index in [4.69, 9.17) is 0 Å². The predicted molar refractivity (Wildman–Crippen MR) is 98.2 cm³/mol. The van der Waals surface area contributed by atoms with Gasteiger partial charge in [0, 0.05) is 25.7 Å². The van der Waals surface area contributed by atoms with Crippen LogP contribution in [0.4, 0.5) is 0 Å². The van der Waals surface area contributed by atoms with Gasteiger partial charge in [0.05, 0.1) is 5.60 Å².